The molecular weight excluding hydrogens is 298 g/mol. The second-order valence-electron chi connectivity index (χ2n) is 5.63. The van der Waals surface area contributed by atoms with Crippen LogP contribution < -0.4 is 10.5 Å². The molecule has 0 aliphatic carbocycles. The Morgan fingerprint density at radius 1 is 1.27 bits per heavy atom. The van der Waals surface area contributed by atoms with E-state index in [-0.39, 0.29) is 6.10 Å². The number of ether oxygens (including phenoxy) is 1. The molecule has 0 fully saturated rings. The fourth-order valence-electron chi connectivity index (χ4n) is 2.87. The lowest BCUT2D eigenvalue weighted by atomic mass is 10.0. The average Bonchev–Trinajstić information content (AvgIpc) is 2.92. The highest BCUT2D eigenvalue weighted by Crippen LogP contribution is 2.38. The van der Waals surface area contributed by atoms with Crippen molar-refractivity contribution in [3.05, 3.63) is 64.2 Å². The van der Waals surface area contributed by atoms with Crippen LogP contribution >= 0.6 is 11.6 Å². The SMILES string of the molecule is NC(=O)c1cc(Cl)c2c(c1)CC(CCCc1ccccc1)O2. The van der Waals surface area contributed by atoms with E-state index in [4.69, 9.17) is 22.1 Å². The van der Waals surface area contributed by atoms with Crippen LogP contribution in [0.3, 0.4) is 0 Å². The number of aryl methyl sites for hydroxylation is 1. The van der Waals surface area contributed by atoms with Crippen LogP contribution in [0, 0.1) is 0 Å². The molecule has 2 aromatic carbocycles. The molecule has 0 saturated heterocycles. The van der Waals surface area contributed by atoms with Gasteiger partial charge in [0.05, 0.1) is 5.02 Å². The van der Waals surface area contributed by atoms with Crippen LogP contribution in [0.25, 0.3) is 0 Å². The van der Waals surface area contributed by atoms with Crippen molar-refractivity contribution in [1.29, 1.82) is 0 Å². The van der Waals surface area contributed by atoms with Gasteiger partial charge >= 0.3 is 0 Å². The van der Waals surface area contributed by atoms with Gasteiger partial charge in [-0.2, -0.15) is 0 Å². The summed E-state index contributed by atoms with van der Waals surface area (Å²) >= 11 is 6.18. The van der Waals surface area contributed by atoms with Gasteiger partial charge in [-0.05, 0) is 37.0 Å². The predicted molar refractivity (Wildman–Crippen MR) is 87.5 cm³/mol. The van der Waals surface area contributed by atoms with E-state index in [0.29, 0.717) is 16.3 Å². The molecule has 1 aliphatic rings. The minimum atomic E-state index is -0.461. The Balaban J connectivity index is 1.60. The van der Waals surface area contributed by atoms with Crippen LogP contribution in [0.5, 0.6) is 5.75 Å². The molecule has 0 radical (unpaired) electrons. The molecule has 2 aromatic rings. The lowest BCUT2D eigenvalue weighted by molar-refractivity contribution is 0.1000. The normalized spacial score (nSPS) is 16.1. The van der Waals surface area contributed by atoms with Crippen molar-refractivity contribution in [2.24, 2.45) is 5.73 Å². The number of halogens is 1. The number of nitrogens with two attached hydrogens (primary N) is 1. The van der Waals surface area contributed by atoms with Crippen LogP contribution in [0.15, 0.2) is 42.5 Å². The largest absolute Gasteiger partial charge is 0.488 e. The third-order valence-corrected chi connectivity index (χ3v) is 4.25. The Kier molecular flexibility index (Phi) is 4.34. The van der Waals surface area contributed by atoms with Crippen molar-refractivity contribution in [1.82, 2.24) is 0 Å². The molecule has 3 rings (SSSR count). The van der Waals surface area contributed by atoms with E-state index < -0.39 is 5.91 Å². The number of hydrogen-bond donors (Lipinski definition) is 1. The third kappa shape index (κ3) is 3.25. The summed E-state index contributed by atoms with van der Waals surface area (Å²) in [6.45, 7) is 0. The van der Waals surface area contributed by atoms with Gasteiger partial charge in [0.1, 0.15) is 11.9 Å². The number of benzene rings is 2. The lowest BCUT2D eigenvalue weighted by Gasteiger charge is -2.11. The molecule has 3 nitrogen and oxygen atoms in total. The van der Waals surface area contributed by atoms with Gasteiger partial charge < -0.3 is 10.5 Å². The van der Waals surface area contributed by atoms with Gasteiger partial charge in [-0.15, -0.1) is 0 Å². The summed E-state index contributed by atoms with van der Waals surface area (Å²) in [4.78, 5) is 11.3. The maximum absolute atomic E-state index is 11.3. The molecule has 0 saturated carbocycles. The van der Waals surface area contributed by atoms with E-state index in [2.05, 4.69) is 24.3 Å². The molecule has 114 valence electrons. The van der Waals surface area contributed by atoms with E-state index in [1.54, 1.807) is 12.1 Å². The van der Waals surface area contributed by atoms with Crippen molar-refractivity contribution in [2.75, 3.05) is 0 Å². The summed E-state index contributed by atoms with van der Waals surface area (Å²) in [5.41, 5.74) is 8.08. The van der Waals surface area contributed by atoms with Crippen molar-refractivity contribution < 1.29 is 9.53 Å². The van der Waals surface area contributed by atoms with Gasteiger partial charge in [0.15, 0.2) is 0 Å². The minimum absolute atomic E-state index is 0.124. The molecule has 1 unspecified atom stereocenters. The number of hydrogen-bond acceptors (Lipinski definition) is 2. The first-order chi connectivity index (χ1) is 10.6. The fourth-order valence-corrected chi connectivity index (χ4v) is 3.15. The molecule has 4 heteroatoms. The van der Waals surface area contributed by atoms with Gasteiger partial charge in [-0.3, -0.25) is 4.79 Å². The quantitative estimate of drug-likeness (QED) is 0.913. The molecule has 0 spiro atoms. The summed E-state index contributed by atoms with van der Waals surface area (Å²) in [5, 5.41) is 0.469. The molecule has 22 heavy (non-hydrogen) atoms. The van der Waals surface area contributed by atoms with Gasteiger partial charge in [0.2, 0.25) is 5.91 Å². The fraction of sp³-hybridized carbons (Fsp3) is 0.278. The third-order valence-electron chi connectivity index (χ3n) is 3.97. The Morgan fingerprint density at radius 3 is 2.77 bits per heavy atom. The average molecular weight is 316 g/mol. The van der Waals surface area contributed by atoms with Crippen LogP contribution in [-0.4, -0.2) is 12.0 Å². The maximum Gasteiger partial charge on any atom is 0.248 e. The van der Waals surface area contributed by atoms with Crippen LogP contribution in [-0.2, 0) is 12.8 Å². The van der Waals surface area contributed by atoms with Crippen LogP contribution in [0.4, 0.5) is 0 Å². The lowest BCUT2D eigenvalue weighted by Crippen LogP contribution is -2.13. The zero-order valence-electron chi connectivity index (χ0n) is 12.2. The van der Waals surface area contributed by atoms with E-state index in [1.807, 2.05) is 6.07 Å². The first kappa shape index (κ1) is 14.9. The number of rotatable bonds is 5. The molecule has 1 atom stereocenters. The Hall–Kier alpha value is -2.00. The highest BCUT2D eigenvalue weighted by molar-refractivity contribution is 6.32. The highest BCUT2D eigenvalue weighted by atomic mass is 35.5. The first-order valence-electron chi connectivity index (χ1n) is 7.46. The van der Waals surface area contributed by atoms with Gasteiger partial charge in [-0.1, -0.05) is 41.9 Å². The Bertz CT molecular complexity index is 685. The van der Waals surface area contributed by atoms with Crippen molar-refractivity contribution in [3.63, 3.8) is 0 Å². The van der Waals surface area contributed by atoms with Gasteiger partial charge in [0, 0.05) is 17.5 Å². The zero-order valence-corrected chi connectivity index (χ0v) is 13.0. The standard InChI is InChI=1S/C18H18ClNO2/c19-16-11-14(18(20)21)9-13-10-15(22-17(13)16)8-4-7-12-5-2-1-3-6-12/h1-3,5-6,9,11,15H,4,7-8,10H2,(H2,20,21). The first-order valence-corrected chi connectivity index (χ1v) is 7.84. The number of fused-ring (bicyclic) bond motifs is 1. The topological polar surface area (TPSA) is 52.3 Å². The Labute approximate surface area is 135 Å². The zero-order chi connectivity index (χ0) is 15.5. The summed E-state index contributed by atoms with van der Waals surface area (Å²) in [6.07, 6.45) is 3.97. The molecule has 1 amide bonds. The summed E-state index contributed by atoms with van der Waals surface area (Å²) < 4.78 is 5.93. The van der Waals surface area contributed by atoms with E-state index in [0.717, 1.165) is 31.2 Å². The predicted octanol–water partition coefficient (Wildman–Crippen LogP) is 3.77. The molecule has 0 aromatic heterocycles. The monoisotopic (exact) mass is 315 g/mol. The smallest absolute Gasteiger partial charge is 0.248 e. The number of amides is 1. The van der Waals surface area contributed by atoms with Gasteiger partial charge in [-0.25, -0.2) is 0 Å². The van der Waals surface area contributed by atoms with Crippen molar-refractivity contribution in [2.45, 2.75) is 31.8 Å². The second kappa shape index (κ2) is 6.41. The van der Waals surface area contributed by atoms with E-state index >= 15 is 0 Å². The van der Waals surface area contributed by atoms with Gasteiger partial charge in [0.25, 0.3) is 0 Å². The number of primary amides is 1. The summed E-state index contributed by atoms with van der Waals surface area (Å²) in [5.74, 6) is 0.244. The number of carbonyl (C=O) groups excluding carboxylic acids is 1. The van der Waals surface area contributed by atoms with Crippen molar-refractivity contribution in [3.8, 4) is 5.75 Å². The summed E-state index contributed by atoms with van der Waals surface area (Å²) in [6, 6.07) is 13.8. The Morgan fingerprint density at radius 2 is 2.05 bits per heavy atom. The van der Waals surface area contributed by atoms with E-state index in [1.165, 1.54) is 5.56 Å². The molecule has 0 bridgehead atoms. The highest BCUT2D eigenvalue weighted by Gasteiger charge is 2.26. The number of carbonyl (C=O) groups is 1. The van der Waals surface area contributed by atoms with E-state index in [9.17, 15) is 4.79 Å². The van der Waals surface area contributed by atoms with Crippen LogP contribution in [0.1, 0.15) is 34.3 Å². The maximum atomic E-state index is 11.3. The molecule has 1 aliphatic heterocycles. The molecule has 2 N–H and O–H groups in total. The minimum Gasteiger partial charge on any atom is -0.488 e. The molecule has 1 heterocycles. The second-order valence-corrected chi connectivity index (χ2v) is 6.04. The molecular formula is C18H18ClNO2. The van der Waals surface area contributed by atoms with Crippen LogP contribution in [0.2, 0.25) is 5.02 Å². The van der Waals surface area contributed by atoms with Crippen molar-refractivity contribution >= 4 is 17.5 Å². The summed E-state index contributed by atoms with van der Waals surface area (Å²) in [7, 11) is 0.